The average molecular weight is 498 g/mol. The van der Waals surface area contributed by atoms with E-state index < -0.39 is 20.7 Å². The molecule has 0 aliphatic rings. The number of ether oxygens (including phenoxy) is 1. The topological polar surface area (TPSA) is 128 Å². The molecule has 0 aliphatic carbocycles. The molecule has 0 unspecified atom stereocenters. The first-order valence-corrected chi connectivity index (χ1v) is 11.0. The molecule has 1 N–H and O–H groups in total. The highest BCUT2D eigenvalue weighted by molar-refractivity contribution is 9.10. The highest BCUT2D eigenvalue weighted by Gasteiger charge is 2.22. The molecule has 3 rings (SSSR count). The highest BCUT2D eigenvalue weighted by Crippen LogP contribution is 2.29. The number of nitro groups is 1. The van der Waals surface area contributed by atoms with E-state index in [0.717, 1.165) is 46.3 Å². The zero-order chi connectivity index (χ0) is 21.0. The molecule has 0 saturated carbocycles. The maximum absolute atomic E-state index is 12.6. The van der Waals surface area contributed by atoms with E-state index >= 15 is 0 Å². The van der Waals surface area contributed by atoms with Crippen LogP contribution in [0.5, 0.6) is 5.75 Å². The van der Waals surface area contributed by atoms with Gasteiger partial charge in [-0.05, 0) is 36.4 Å². The van der Waals surface area contributed by atoms with Gasteiger partial charge in [-0.15, -0.1) is 0 Å². The first kappa shape index (κ1) is 20.9. The quantitative estimate of drug-likeness (QED) is 0.389. The van der Waals surface area contributed by atoms with Gasteiger partial charge >= 0.3 is 0 Å². The molecular weight excluding hydrogens is 486 g/mol. The number of sulfone groups is 1. The van der Waals surface area contributed by atoms with Crippen LogP contribution in [0.15, 0.2) is 68.3 Å². The molecule has 1 amide bonds. The van der Waals surface area contributed by atoms with Crippen LogP contribution in [0.3, 0.4) is 0 Å². The number of benzene rings is 2. The van der Waals surface area contributed by atoms with Crippen LogP contribution in [-0.4, -0.2) is 30.8 Å². The summed E-state index contributed by atoms with van der Waals surface area (Å²) >= 11 is 4.06. The zero-order valence-electron chi connectivity index (χ0n) is 14.4. The standard InChI is InChI=1S/C17H12BrN3O6S2/c18-11-1-5-13(6-2-11)27-10-15(22)20-17-19-9-16(28-17)29(25,26)14-7-3-12(4-8-14)21(23)24/h1-9H,10H2,(H,19,20,22). The Labute approximate surface area is 177 Å². The maximum Gasteiger partial charge on any atom is 0.269 e. The van der Waals surface area contributed by atoms with Crippen LogP contribution in [-0.2, 0) is 14.6 Å². The van der Waals surface area contributed by atoms with Gasteiger partial charge in [-0.1, -0.05) is 27.3 Å². The van der Waals surface area contributed by atoms with Gasteiger partial charge in [0.05, 0.1) is 16.0 Å². The predicted molar refractivity (Wildman–Crippen MR) is 109 cm³/mol. The Kier molecular flexibility index (Phi) is 6.25. The Morgan fingerprint density at radius 2 is 1.83 bits per heavy atom. The highest BCUT2D eigenvalue weighted by atomic mass is 79.9. The van der Waals surface area contributed by atoms with Crippen molar-refractivity contribution in [2.45, 2.75) is 9.10 Å². The van der Waals surface area contributed by atoms with Crippen LogP contribution < -0.4 is 10.1 Å². The number of hydrogen-bond donors (Lipinski definition) is 1. The van der Waals surface area contributed by atoms with Crippen molar-refractivity contribution in [2.75, 3.05) is 11.9 Å². The monoisotopic (exact) mass is 497 g/mol. The predicted octanol–water partition coefficient (Wildman–Crippen LogP) is 3.66. The lowest BCUT2D eigenvalue weighted by Crippen LogP contribution is -2.19. The van der Waals surface area contributed by atoms with Crippen molar-refractivity contribution in [3.8, 4) is 5.75 Å². The Morgan fingerprint density at radius 3 is 2.45 bits per heavy atom. The SMILES string of the molecule is O=C(COc1ccc(Br)cc1)Nc1ncc(S(=O)(=O)c2ccc([N+](=O)[O-])cc2)s1. The summed E-state index contributed by atoms with van der Waals surface area (Å²) in [4.78, 5) is 25.9. The number of amides is 1. The number of hydrogen-bond acceptors (Lipinski definition) is 8. The summed E-state index contributed by atoms with van der Waals surface area (Å²) in [5, 5.41) is 13.3. The molecule has 0 saturated heterocycles. The summed E-state index contributed by atoms with van der Waals surface area (Å²) in [7, 11) is -3.91. The molecule has 0 radical (unpaired) electrons. The van der Waals surface area contributed by atoms with Crippen molar-refractivity contribution in [3.63, 3.8) is 0 Å². The number of nitrogens with zero attached hydrogens (tertiary/aromatic N) is 2. The second-order valence-corrected chi connectivity index (χ2v) is 9.65. The molecule has 0 spiro atoms. The third-order valence-corrected chi connectivity index (χ3v) is 7.21. The van der Waals surface area contributed by atoms with Crippen molar-refractivity contribution in [3.05, 3.63) is 69.3 Å². The van der Waals surface area contributed by atoms with Gasteiger partial charge in [-0.25, -0.2) is 13.4 Å². The number of nitro benzene ring substituents is 1. The number of anilines is 1. The fourth-order valence-corrected chi connectivity index (χ4v) is 4.85. The molecule has 0 aliphatic heterocycles. The summed E-state index contributed by atoms with van der Waals surface area (Å²) in [5.74, 6) is 0.00507. The van der Waals surface area contributed by atoms with Crippen molar-refractivity contribution < 1.29 is 22.9 Å². The Bertz CT molecular complexity index is 1140. The maximum atomic E-state index is 12.6. The second-order valence-electron chi connectivity index (χ2n) is 5.53. The zero-order valence-corrected chi connectivity index (χ0v) is 17.7. The minimum atomic E-state index is -3.91. The fraction of sp³-hybridized carbons (Fsp3) is 0.0588. The molecule has 29 heavy (non-hydrogen) atoms. The van der Waals surface area contributed by atoms with Gasteiger partial charge in [-0.2, -0.15) is 0 Å². The second kappa shape index (κ2) is 8.68. The van der Waals surface area contributed by atoms with Gasteiger partial charge in [0.15, 0.2) is 11.7 Å². The Hall–Kier alpha value is -2.83. The summed E-state index contributed by atoms with van der Waals surface area (Å²) in [6, 6.07) is 11.4. The number of non-ortho nitro benzene ring substituents is 1. The van der Waals surface area contributed by atoms with Crippen molar-refractivity contribution >= 4 is 53.8 Å². The van der Waals surface area contributed by atoms with E-state index in [4.69, 9.17) is 4.74 Å². The molecule has 150 valence electrons. The van der Waals surface area contributed by atoms with Crippen LogP contribution >= 0.6 is 27.3 Å². The van der Waals surface area contributed by atoms with E-state index in [0.29, 0.717) is 5.75 Å². The summed E-state index contributed by atoms with van der Waals surface area (Å²) < 4.78 is 31.3. The van der Waals surface area contributed by atoms with Crippen molar-refractivity contribution in [2.24, 2.45) is 0 Å². The third-order valence-electron chi connectivity index (χ3n) is 3.54. The lowest BCUT2D eigenvalue weighted by Gasteiger charge is -2.05. The molecule has 1 aromatic heterocycles. The van der Waals surface area contributed by atoms with E-state index in [2.05, 4.69) is 26.2 Å². The molecule has 0 bridgehead atoms. The molecule has 9 nitrogen and oxygen atoms in total. The number of halogens is 1. The van der Waals surface area contributed by atoms with Crippen LogP contribution in [0.25, 0.3) is 0 Å². The van der Waals surface area contributed by atoms with E-state index in [-0.39, 0.29) is 26.5 Å². The molecule has 2 aromatic carbocycles. The van der Waals surface area contributed by atoms with Crippen LogP contribution in [0.2, 0.25) is 0 Å². The first-order valence-electron chi connectivity index (χ1n) is 7.89. The molecule has 3 aromatic rings. The van der Waals surface area contributed by atoms with E-state index in [1.807, 2.05) is 0 Å². The van der Waals surface area contributed by atoms with Gasteiger partial charge in [-0.3, -0.25) is 20.2 Å². The van der Waals surface area contributed by atoms with Crippen molar-refractivity contribution in [1.82, 2.24) is 4.98 Å². The van der Waals surface area contributed by atoms with Gasteiger partial charge in [0.25, 0.3) is 11.6 Å². The number of nitrogens with one attached hydrogen (secondary N) is 1. The van der Waals surface area contributed by atoms with E-state index in [1.54, 1.807) is 24.3 Å². The number of thiazole rings is 1. The number of carbonyl (C=O) groups is 1. The van der Waals surface area contributed by atoms with Crippen LogP contribution in [0.4, 0.5) is 10.8 Å². The molecule has 1 heterocycles. The van der Waals surface area contributed by atoms with Gasteiger partial charge in [0.2, 0.25) is 9.84 Å². The van der Waals surface area contributed by atoms with Gasteiger partial charge < -0.3 is 4.74 Å². The fourth-order valence-electron chi connectivity index (χ4n) is 2.14. The Morgan fingerprint density at radius 1 is 1.17 bits per heavy atom. The summed E-state index contributed by atoms with van der Waals surface area (Å²) in [6.07, 6.45) is 1.12. The Balaban J connectivity index is 1.65. The van der Waals surface area contributed by atoms with Crippen LogP contribution in [0.1, 0.15) is 0 Å². The molecule has 0 fully saturated rings. The van der Waals surface area contributed by atoms with E-state index in [1.165, 1.54) is 0 Å². The molecule has 0 atom stereocenters. The third kappa shape index (κ3) is 5.16. The molecular formula is C17H12BrN3O6S2. The van der Waals surface area contributed by atoms with Gasteiger partial charge in [0, 0.05) is 16.6 Å². The first-order chi connectivity index (χ1) is 13.8. The summed E-state index contributed by atoms with van der Waals surface area (Å²) in [6.45, 7) is -0.272. The van der Waals surface area contributed by atoms with Gasteiger partial charge in [0.1, 0.15) is 9.96 Å². The van der Waals surface area contributed by atoms with E-state index in [9.17, 15) is 23.3 Å². The van der Waals surface area contributed by atoms with Crippen molar-refractivity contribution in [1.29, 1.82) is 0 Å². The smallest absolute Gasteiger partial charge is 0.269 e. The van der Waals surface area contributed by atoms with Crippen LogP contribution in [0, 0.1) is 10.1 Å². The lowest BCUT2D eigenvalue weighted by atomic mass is 10.3. The minimum Gasteiger partial charge on any atom is -0.484 e. The molecule has 12 heteroatoms. The minimum absolute atomic E-state index is 0.0925. The summed E-state index contributed by atoms with van der Waals surface area (Å²) in [5.41, 5.74) is -0.216. The number of carbonyl (C=O) groups excluding carboxylic acids is 1. The normalized spacial score (nSPS) is 11.1. The largest absolute Gasteiger partial charge is 0.484 e. The number of rotatable bonds is 7. The lowest BCUT2D eigenvalue weighted by molar-refractivity contribution is -0.384. The number of aromatic nitrogens is 1. The average Bonchev–Trinajstić information content (AvgIpc) is 3.17.